The number of pyridine rings is 1. The number of azo groups is 1. The van der Waals surface area contributed by atoms with E-state index in [2.05, 4.69) is 15.2 Å². The van der Waals surface area contributed by atoms with E-state index < -0.39 is 11.8 Å². The lowest BCUT2D eigenvalue weighted by Gasteiger charge is -2.08. The average molecular weight is 366 g/mol. The molecule has 0 unspecified atom stereocenters. The zero-order valence-corrected chi connectivity index (χ0v) is 14.8. The van der Waals surface area contributed by atoms with Crippen molar-refractivity contribution < 1.29 is 19.8 Å². The normalized spacial score (nSPS) is 11.5. The van der Waals surface area contributed by atoms with E-state index in [0.29, 0.717) is 17.3 Å². The van der Waals surface area contributed by atoms with E-state index in [-0.39, 0.29) is 28.8 Å². The molecule has 1 aromatic carbocycles. The Labute approximate surface area is 154 Å². The number of rotatable bonds is 4. The van der Waals surface area contributed by atoms with Crippen molar-refractivity contribution >= 4 is 22.6 Å². The summed E-state index contributed by atoms with van der Waals surface area (Å²) in [6.45, 7) is 4.34. The molecule has 8 heteroatoms. The molecule has 0 atom stereocenters. The molecule has 0 aliphatic heterocycles. The van der Waals surface area contributed by atoms with Gasteiger partial charge in [0, 0.05) is 35.3 Å². The Morgan fingerprint density at radius 2 is 1.70 bits per heavy atom. The van der Waals surface area contributed by atoms with E-state index >= 15 is 0 Å². The molecule has 0 fully saturated rings. The van der Waals surface area contributed by atoms with Gasteiger partial charge in [-0.1, -0.05) is 13.8 Å². The van der Waals surface area contributed by atoms with Gasteiger partial charge < -0.3 is 10.2 Å². The van der Waals surface area contributed by atoms with Gasteiger partial charge in [-0.3, -0.25) is 19.1 Å². The first-order valence-electron chi connectivity index (χ1n) is 8.33. The number of carbonyl (C=O) groups excluding carboxylic acids is 2. The predicted molar refractivity (Wildman–Crippen MR) is 97.9 cm³/mol. The maximum absolute atomic E-state index is 12.2. The summed E-state index contributed by atoms with van der Waals surface area (Å²) < 4.78 is 1.39. The first kappa shape index (κ1) is 18.2. The Hall–Kier alpha value is -3.55. The zero-order valence-electron chi connectivity index (χ0n) is 14.8. The van der Waals surface area contributed by atoms with Crippen LogP contribution in [0.2, 0.25) is 0 Å². The molecule has 27 heavy (non-hydrogen) atoms. The first-order chi connectivity index (χ1) is 12.9. The fourth-order valence-electron chi connectivity index (χ4n) is 2.68. The molecule has 3 rings (SSSR count). The van der Waals surface area contributed by atoms with E-state index in [1.165, 1.54) is 41.2 Å². The highest BCUT2D eigenvalue weighted by Gasteiger charge is 2.18. The Morgan fingerprint density at radius 3 is 2.33 bits per heavy atom. The van der Waals surface area contributed by atoms with Crippen molar-refractivity contribution in [3.8, 4) is 11.8 Å². The van der Waals surface area contributed by atoms with Crippen molar-refractivity contribution in [1.29, 1.82) is 0 Å². The summed E-state index contributed by atoms with van der Waals surface area (Å²) in [5, 5.41) is 28.3. The fraction of sp³-hybridized carbons (Fsp3) is 0.211. The van der Waals surface area contributed by atoms with E-state index in [1.807, 2.05) is 13.8 Å². The summed E-state index contributed by atoms with van der Waals surface area (Å²) in [7, 11) is 0. The number of hydrogen-bond donors (Lipinski definition) is 2. The quantitative estimate of drug-likeness (QED) is 0.685. The summed E-state index contributed by atoms with van der Waals surface area (Å²) >= 11 is 0. The first-order valence-corrected chi connectivity index (χ1v) is 8.33. The standard InChI is InChI=1S/C19H18N4O4/c1-11(2)10-23-18(26)14-6-5-12(8-15(14)19(23)27)16(24)21-22-17(25)13-4-3-7-20-9-13/h3-9,11,26-27H,10H2,1-2H3. The van der Waals surface area contributed by atoms with Gasteiger partial charge in [-0.25, -0.2) is 0 Å². The monoisotopic (exact) mass is 366 g/mol. The van der Waals surface area contributed by atoms with Gasteiger partial charge in [-0.15, -0.1) is 10.2 Å². The van der Waals surface area contributed by atoms with Crippen molar-refractivity contribution in [2.24, 2.45) is 16.1 Å². The molecule has 2 N–H and O–H groups in total. The van der Waals surface area contributed by atoms with Crippen LogP contribution < -0.4 is 0 Å². The lowest BCUT2D eigenvalue weighted by Crippen LogP contribution is -2.02. The topological polar surface area (TPSA) is 117 Å². The van der Waals surface area contributed by atoms with Gasteiger partial charge in [0.1, 0.15) is 0 Å². The van der Waals surface area contributed by atoms with Crippen LogP contribution in [0.3, 0.4) is 0 Å². The number of hydrogen-bond acceptors (Lipinski definition) is 5. The Morgan fingerprint density at radius 1 is 1.04 bits per heavy atom. The van der Waals surface area contributed by atoms with Crippen LogP contribution in [0.1, 0.15) is 34.6 Å². The number of fused-ring (bicyclic) bond motifs is 1. The lowest BCUT2D eigenvalue weighted by molar-refractivity contribution is 0.0946. The molecule has 8 nitrogen and oxygen atoms in total. The molecule has 2 amide bonds. The second-order valence-electron chi connectivity index (χ2n) is 6.46. The lowest BCUT2D eigenvalue weighted by atomic mass is 10.1. The van der Waals surface area contributed by atoms with Crippen molar-refractivity contribution in [2.75, 3.05) is 0 Å². The average Bonchev–Trinajstić information content (AvgIpc) is 2.90. The number of carbonyl (C=O) groups is 2. The molecule has 0 aliphatic carbocycles. The second-order valence-corrected chi connectivity index (χ2v) is 6.46. The minimum absolute atomic E-state index is 0.0661. The maximum atomic E-state index is 12.2. The molecular weight excluding hydrogens is 348 g/mol. The van der Waals surface area contributed by atoms with Crippen molar-refractivity contribution in [3.63, 3.8) is 0 Å². The van der Waals surface area contributed by atoms with Crippen LogP contribution in [-0.2, 0) is 6.54 Å². The summed E-state index contributed by atoms with van der Waals surface area (Å²) in [6, 6.07) is 7.49. The highest BCUT2D eigenvalue weighted by molar-refractivity contribution is 6.03. The van der Waals surface area contributed by atoms with Crippen LogP contribution in [0.15, 0.2) is 53.0 Å². The smallest absolute Gasteiger partial charge is 0.297 e. The molecule has 3 aromatic rings. The Kier molecular flexibility index (Phi) is 4.98. The summed E-state index contributed by atoms with van der Waals surface area (Å²) in [5.74, 6) is -1.40. The van der Waals surface area contributed by atoms with Crippen LogP contribution in [0.4, 0.5) is 0 Å². The van der Waals surface area contributed by atoms with Crippen LogP contribution in [0.5, 0.6) is 11.8 Å². The third-order valence-electron chi connectivity index (χ3n) is 3.95. The van der Waals surface area contributed by atoms with Crippen molar-refractivity contribution in [3.05, 3.63) is 53.9 Å². The molecule has 0 saturated carbocycles. The van der Waals surface area contributed by atoms with Crippen LogP contribution in [0, 0.1) is 5.92 Å². The minimum Gasteiger partial charge on any atom is -0.494 e. The van der Waals surface area contributed by atoms with Crippen LogP contribution in [0.25, 0.3) is 10.8 Å². The number of nitrogens with zero attached hydrogens (tertiary/aromatic N) is 4. The Bertz CT molecular complexity index is 1040. The van der Waals surface area contributed by atoms with Crippen LogP contribution >= 0.6 is 0 Å². The summed E-state index contributed by atoms with van der Waals surface area (Å²) in [4.78, 5) is 27.9. The Balaban J connectivity index is 1.88. The van der Waals surface area contributed by atoms with Gasteiger partial charge in [0.15, 0.2) is 0 Å². The third kappa shape index (κ3) is 3.69. The minimum atomic E-state index is -0.732. The van der Waals surface area contributed by atoms with E-state index in [1.54, 1.807) is 6.07 Å². The SMILES string of the molecule is CC(C)Cn1c(O)c2ccc(C(=O)N=NC(=O)c3cccnc3)cc2c1O. The molecule has 0 radical (unpaired) electrons. The van der Waals surface area contributed by atoms with Gasteiger partial charge in [0.25, 0.3) is 11.8 Å². The van der Waals surface area contributed by atoms with Gasteiger partial charge in [-0.2, -0.15) is 0 Å². The van der Waals surface area contributed by atoms with Gasteiger partial charge in [-0.05, 0) is 36.2 Å². The summed E-state index contributed by atoms with van der Waals surface area (Å²) in [6.07, 6.45) is 2.84. The second kappa shape index (κ2) is 7.36. The molecule has 138 valence electrons. The number of aromatic nitrogens is 2. The zero-order chi connectivity index (χ0) is 19.6. The van der Waals surface area contributed by atoms with E-state index in [9.17, 15) is 19.8 Å². The summed E-state index contributed by atoms with van der Waals surface area (Å²) in [5.41, 5.74) is 0.361. The molecule has 2 heterocycles. The fourth-order valence-corrected chi connectivity index (χ4v) is 2.68. The molecule has 0 aliphatic rings. The predicted octanol–water partition coefficient (Wildman–Crippen LogP) is 3.54. The van der Waals surface area contributed by atoms with Gasteiger partial charge in [0.05, 0.1) is 5.56 Å². The number of amides is 2. The van der Waals surface area contributed by atoms with E-state index in [0.717, 1.165) is 0 Å². The van der Waals surface area contributed by atoms with Crippen LogP contribution in [-0.4, -0.2) is 31.6 Å². The third-order valence-corrected chi connectivity index (χ3v) is 3.95. The van der Waals surface area contributed by atoms with Crippen molar-refractivity contribution in [1.82, 2.24) is 9.55 Å². The molecule has 0 saturated heterocycles. The largest absolute Gasteiger partial charge is 0.494 e. The maximum Gasteiger partial charge on any atom is 0.297 e. The molecule has 0 spiro atoms. The molecule has 0 bridgehead atoms. The highest BCUT2D eigenvalue weighted by atomic mass is 16.3. The highest BCUT2D eigenvalue weighted by Crippen LogP contribution is 2.37. The molecular formula is C19H18N4O4. The molecule has 2 aromatic heterocycles. The van der Waals surface area contributed by atoms with Crippen molar-refractivity contribution in [2.45, 2.75) is 20.4 Å². The number of benzene rings is 1. The van der Waals surface area contributed by atoms with Gasteiger partial charge >= 0.3 is 0 Å². The van der Waals surface area contributed by atoms with Gasteiger partial charge in [0.2, 0.25) is 11.8 Å². The van der Waals surface area contributed by atoms with E-state index in [4.69, 9.17) is 0 Å². The number of aromatic hydroxyl groups is 2.